The van der Waals surface area contributed by atoms with E-state index < -0.39 is 0 Å². The summed E-state index contributed by atoms with van der Waals surface area (Å²) >= 11 is 0. The molecule has 3 heterocycles. The molecule has 22 heavy (non-hydrogen) atoms. The van der Waals surface area contributed by atoms with E-state index in [2.05, 4.69) is 55.1 Å². The van der Waals surface area contributed by atoms with Gasteiger partial charge in [0.15, 0.2) is 0 Å². The van der Waals surface area contributed by atoms with Crippen molar-refractivity contribution in [1.82, 2.24) is 9.88 Å². The van der Waals surface area contributed by atoms with E-state index in [1.54, 1.807) is 0 Å². The van der Waals surface area contributed by atoms with Crippen LogP contribution in [0.2, 0.25) is 0 Å². The first kappa shape index (κ1) is 15.6. The molecule has 0 bridgehead atoms. The summed E-state index contributed by atoms with van der Waals surface area (Å²) in [6.07, 6.45) is 0. The van der Waals surface area contributed by atoms with E-state index in [0.29, 0.717) is 6.04 Å². The van der Waals surface area contributed by atoms with Gasteiger partial charge in [0.05, 0.1) is 19.3 Å². The fraction of sp³-hybridized carbons (Fsp3) is 0.706. The number of aromatic nitrogens is 1. The maximum atomic E-state index is 5.26. The first-order valence-corrected chi connectivity index (χ1v) is 8.22. The standard InChI is InChI=1S/C17H28N4O/c1-17(2,3)13-9-15(18-14-11-22-12-14)19-16(10-13)21-7-5-20(4)6-8-21/h9-10,14H,5-8,11-12H2,1-4H3,(H,18,19). The Morgan fingerprint density at radius 3 is 2.36 bits per heavy atom. The fourth-order valence-corrected chi connectivity index (χ4v) is 2.75. The van der Waals surface area contributed by atoms with Crippen molar-refractivity contribution in [2.75, 3.05) is 56.7 Å². The zero-order chi connectivity index (χ0) is 15.7. The Morgan fingerprint density at radius 1 is 1.14 bits per heavy atom. The molecule has 0 amide bonds. The molecule has 5 nitrogen and oxygen atoms in total. The average molecular weight is 304 g/mol. The number of likely N-dealkylation sites (N-methyl/N-ethyl adjacent to an activating group) is 1. The molecule has 0 atom stereocenters. The lowest BCUT2D eigenvalue weighted by atomic mass is 9.87. The lowest BCUT2D eigenvalue weighted by Gasteiger charge is -2.35. The molecule has 5 heteroatoms. The first-order chi connectivity index (χ1) is 10.4. The average Bonchev–Trinajstić information content (AvgIpc) is 2.42. The van der Waals surface area contributed by atoms with Crippen LogP contribution in [-0.4, -0.2) is 62.4 Å². The molecule has 2 aliphatic rings. The van der Waals surface area contributed by atoms with Crippen molar-refractivity contribution in [3.63, 3.8) is 0 Å². The molecule has 0 unspecified atom stereocenters. The Balaban J connectivity index is 1.85. The predicted octanol–water partition coefficient (Wildman–Crippen LogP) is 1.94. The van der Waals surface area contributed by atoms with Crippen LogP contribution in [0, 0.1) is 0 Å². The van der Waals surface area contributed by atoms with Crippen molar-refractivity contribution >= 4 is 11.6 Å². The molecule has 0 saturated carbocycles. The van der Waals surface area contributed by atoms with Gasteiger partial charge in [-0.05, 0) is 30.2 Å². The van der Waals surface area contributed by atoms with Gasteiger partial charge in [-0.1, -0.05) is 20.8 Å². The summed E-state index contributed by atoms with van der Waals surface area (Å²) in [6.45, 7) is 12.6. The molecule has 3 rings (SSSR count). The Morgan fingerprint density at radius 2 is 1.82 bits per heavy atom. The molecule has 0 radical (unpaired) electrons. The Kier molecular flexibility index (Phi) is 4.28. The second kappa shape index (κ2) is 6.05. The van der Waals surface area contributed by atoms with Gasteiger partial charge >= 0.3 is 0 Å². The van der Waals surface area contributed by atoms with Crippen LogP contribution in [0.1, 0.15) is 26.3 Å². The molecule has 1 aromatic rings. The zero-order valence-electron chi connectivity index (χ0n) is 14.2. The zero-order valence-corrected chi connectivity index (χ0v) is 14.2. The largest absolute Gasteiger partial charge is 0.377 e. The molecule has 0 aromatic carbocycles. The number of rotatable bonds is 3. The van der Waals surface area contributed by atoms with Gasteiger partial charge in [-0.25, -0.2) is 4.98 Å². The molecule has 2 saturated heterocycles. The van der Waals surface area contributed by atoms with E-state index in [9.17, 15) is 0 Å². The summed E-state index contributed by atoms with van der Waals surface area (Å²) in [5.74, 6) is 2.08. The number of nitrogens with zero attached hydrogens (tertiary/aromatic N) is 3. The van der Waals surface area contributed by atoms with Gasteiger partial charge in [-0.3, -0.25) is 0 Å². The molecule has 1 aromatic heterocycles. The second-order valence-corrected chi connectivity index (χ2v) is 7.52. The van der Waals surface area contributed by atoms with Crippen molar-refractivity contribution in [2.45, 2.75) is 32.2 Å². The number of pyridine rings is 1. The van der Waals surface area contributed by atoms with Crippen LogP contribution in [-0.2, 0) is 10.2 Å². The molecule has 2 aliphatic heterocycles. The quantitative estimate of drug-likeness (QED) is 0.924. The molecule has 2 fully saturated rings. The normalized spacial score (nSPS) is 20.8. The molecular formula is C17H28N4O. The van der Waals surface area contributed by atoms with Gasteiger partial charge in [0.2, 0.25) is 0 Å². The van der Waals surface area contributed by atoms with E-state index >= 15 is 0 Å². The third kappa shape index (κ3) is 3.52. The summed E-state index contributed by atoms with van der Waals surface area (Å²) < 4.78 is 5.26. The Bertz CT molecular complexity index is 514. The van der Waals surface area contributed by atoms with Crippen molar-refractivity contribution in [3.05, 3.63) is 17.7 Å². The van der Waals surface area contributed by atoms with E-state index in [1.807, 2.05) is 0 Å². The minimum Gasteiger partial charge on any atom is -0.377 e. The van der Waals surface area contributed by atoms with Crippen molar-refractivity contribution < 1.29 is 4.74 Å². The minimum atomic E-state index is 0.122. The van der Waals surface area contributed by atoms with Crippen LogP contribution in [0.5, 0.6) is 0 Å². The molecule has 0 aliphatic carbocycles. The lowest BCUT2D eigenvalue weighted by Crippen LogP contribution is -2.45. The van der Waals surface area contributed by atoms with Gasteiger partial charge < -0.3 is 19.9 Å². The van der Waals surface area contributed by atoms with Crippen LogP contribution >= 0.6 is 0 Å². The van der Waals surface area contributed by atoms with Crippen LogP contribution in [0.25, 0.3) is 0 Å². The predicted molar refractivity (Wildman–Crippen MR) is 90.9 cm³/mol. The van der Waals surface area contributed by atoms with Crippen LogP contribution in [0.15, 0.2) is 12.1 Å². The maximum Gasteiger partial charge on any atom is 0.131 e. The summed E-state index contributed by atoms with van der Waals surface area (Å²) in [6, 6.07) is 4.86. The number of anilines is 2. The van der Waals surface area contributed by atoms with Crippen LogP contribution in [0.4, 0.5) is 11.6 Å². The van der Waals surface area contributed by atoms with Gasteiger partial charge in [-0.2, -0.15) is 0 Å². The second-order valence-electron chi connectivity index (χ2n) is 7.52. The summed E-state index contributed by atoms with van der Waals surface area (Å²) in [4.78, 5) is 9.63. The van der Waals surface area contributed by atoms with Crippen molar-refractivity contribution in [1.29, 1.82) is 0 Å². The van der Waals surface area contributed by atoms with Crippen LogP contribution in [0.3, 0.4) is 0 Å². The highest BCUT2D eigenvalue weighted by Gasteiger charge is 2.23. The molecule has 1 N–H and O–H groups in total. The lowest BCUT2D eigenvalue weighted by molar-refractivity contribution is 0.0209. The van der Waals surface area contributed by atoms with E-state index in [4.69, 9.17) is 9.72 Å². The first-order valence-electron chi connectivity index (χ1n) is 8.22. The minimum absolute atomic E-state index is 0.122. The van der Waals surface area contributed by atoms with E-state index in [0.717, 1.165) is 51.0 Å². The van der Waals surface area contributed by atoms with Crippen molar-refractivity contribution in [3.8, 4) is 0 Å². The summed E-state index contributed by atoms with van der Waals surface area (Å²) in [7, 11) is 2.18. The number of ether oxygens (including phenoxy) is 1. The third-order valence-corrected chi connectivity index (χ3v) is 4.50. The third-order valence-electron chi connectivity index (χ3n) is 4.50. The van der Waals surface area contributed by atoms with Crippen LogP contribution < -0.4 is 10.2 Å². The summed E-state index contributed by atoms with van der Waals surface area (Å²) in [5.41, 5.74) is 1.45. The SMILES string of the molecule is CN1CCN(c2cc(C(C)(C)C)cc(NC3COC3)n2)CC1. The van der Waals surface area contributed by atoms with Gasteiger partial charge in [0.1, 0.15) is 11.6 Å². The molecule has 0 spiro atoms. The maximum absolute atomic E-state index is 5.26. The van der Waals surface area contributed by atoms with Gasteiger partial charge in [-0.15, -0.1) is 0 Å². The van der Waals surface area contributed by atoms with E-state index in [-0.39, 0.29) is 5.41 Å². The van der Waals surface area contributed by atoms with Crippen molar-refractivity contribution in [2.24, 2.45) is 0 Å². The monoisotopic (exact) mass is 304 g/mol. The number of hydrogen-bond donors (Lipinski definition) is 1. The Labute approximate surface area is 133 Å². The highest BCUT2D eigenvalue weighted by Crippen LogP contribution is 2.29. The number of hydrogen-bond acceptors (Lipinski definition) is 5. The van der Waals surface area contributed by atoms with Gasteiger partial charge in [0, 0.05) is 26.2 Å². The number of nitrogens with one attached hydrogen (secondary N) is 1. The highest BCUT2D eigenvalue weighted by atomic mass is 16.5. The highest BCUT2D eigenvalue weighted by molar-refractivity contribution is 5.53. The topological polar surface area (TPSA) is 40.6 Å². The number of piperazine rings is 1. The Hall–Kier alpha value is -1.33. The fourth-order valence-electron chi connectivity index (χ4n) is 2.75. The summed E-state index contributed by atoms with van der Waals surface area (Å²) in [5, 5.41) is 3.51. The van der Waals surface area contributed by atoms with Gasteiger partial charge in [0.25, 0.3) is 0 Å². The smallest absolute Gasteiger partial charge is 0.131 e. The van der Waals surface area contributed by atoms with E-state index in [1.165, 1.54) is 5.56 Å². The molecule has 122 valence electrons. The molecular weight excluding hydrogens is 276 g/mol.